The van der Waals surface area contributed by atoms with Crippen LogP contribution in [0.3, 0.4) is 0 Å². The van der Waals surface area contributed by atoms with E-state index in [0.717, 1.165) is 6.42 Å². The first-order valence-corrected chi connectivity index (χ1v) is 11.4. The van der Waals surface area contributed by atoms with Gasteiger partial charge < -0.3 is 20.1 Å². The lowest BCUT2D eigenvalue weighted by Crippen LogP contribution is -2.18. The van der Waals surface area contributed by atoms with Crippen LogP contribution >= 0.6 is 11.6 Å². The Balaban J connectivity index is 1.37. The molecule has 9 nitrogen and oxygen atoms in total. The molecule has 1 amide bonds. The molecule has 2 saturated carbocycles. The van der Waals surface area contributed by atoms with Crippen LogP contribution in [-0.2, 0) is 4.79 Å². The summed E-state index contributed by atoms with van der Waals surface area (Å²) in [6.45, 7) is 0. The topological polar surface area (TPSA) is 120 Å². The summed E-state index contributed by atoms with van der Waals surface area (Å²) in [5.41, 5.74) is 1.85. The molecule has 2 fully saturated rings. The maximum absolute atomic E-state index is 15.5. The number of anilines is 2. The number of nitrogens with zero attached hydrogens (tertiary/aromatic N) is 4. The molecule has 2 aliphatic rings. The Bertz CT molecular complexity index is 1440. The second-order valence-corrected chi connectivity index (χ2v) is 9.23. The van der Waals surface area contributed by atoms with Gasteiger partial charge in [0.15, 0.2) is 17.3 Å². The van der Waals surface area contributed by atoms with Gasteiger partial charge in [0.25, 0.3) is 0 Å². The maximum Gasteiger partial charge on any atom is 0.231 e. The Morgan fingerprint density at radius 2 is 2.09 bits per heavy atom. The van der Waals surface area contributed by atoms with Crippen LogP contribution in [0.4, 0.5) is 20.3 Å². The van der Waals surface area contributed by atoms with Crippen molar-refractivity contribution in [2.45, 2.75) is 44.0 Å². The van der Waals surface area contributed by atoms with Crippen LogP contribution in [0.15, 0.2) is 24.8 Å². The fourth-order valence-electron chi connectivity index (χ4n) is 4.54. The van der Waals surface area contributed by atoms with Crippen molar-refractivity contribution in [3.05, 3.63) is 35.6 Å². The van der Waals surface area contributed by atoms with Gasteiger partial charge >= 0.3 is 0 Å². The number of hydrogen-bond donors (Lipinski definition) is 4. The van der Waals surface area contributed by atoms with E-state index in [0.29, 0.717) is 40.6 Å². The molecule has 0 radical (unpaired) electrons. The van der Waals surface area contributed by atoms with Gasteiger partial charge in [-0.2, -0.15) is 5.10 Å². The van der Waals surface area contributed by atoms with Crippen LogP contribution in [0.25, 0.3) is 27.8 Å². The average molecular weight is 488 g/mol. The highest BCUT2D eigenvalue weighted by Crippen LogP contribution is 2.41. The highest BCUT2D eigenvalue weighted by Gasteiger charge is 2.43. The van der Waals surface area contributed by atoms with Crippen LogP contribution in [0.5, 0.6) is 0 Å². The van der Waals surface area contributed by atoms with Crippen LogP contribution in [0.1, 0.15) is 25.7 Å². The molecule has 0 bridgehead atoms. The molecule has 176 valence electrons. The summed E-state index contributed by atoms with van der Waals surface area (Å²) in [5, 5.41) is 23.0. The second-order valence-electron chi connectivity index (χ2n) is 8.86. The number of benzene rings is 1. The largest absolute Gasteiger partial charge is 0.393 e. The van der Waals surface area contributed by atoms with Crippen molar-refractivity contribution in [1.29, 1.82) is 0 Å². The molecule has 34 heavy (non-hydrogen) atoms. The molecule has 0 saturated heterocycles. The lowest BCUT2D eigenvalue weighted by molar-refractivity contribution is -0.117. The van der Waals surface area contributed by atoms with Gasteiger partial charge in [-0.05, 0) is 25.7 Å². The van der Waals surface area contributed by atoms with Gasteiger partial charge in [0, 0.05) is 23.2 Å². The minimum absolute atomic E-state index is 0.0738. The van der Waals surface area contributed by atoms with Crippen molar-refractivity contribution in [2.24, 2.45) is 5.92 Å². The molecule has 4 atom stereocenters. The number of aliphatic hydroxyl groups excluding tert-OH is 1. The van der Waals surface area contributed by atoms with Gasteiger partial charge in [-0.3, -0.25) is 14.9 Å². The molecule has 2 unspecified atom stereocenters. The first-order valence-electron chi connectivity index (χ1n) is 11.0. The van der Waals surface area contributed by atoms with E-state index in [1.165, 1.54) is 6.20 Å². The molecule has 6 rings (SSSR count). The van der Waals surface area contributed by atoms with E-state index in [4.69, 9.17) is 11.6 Å². The average Bonchev–Trinajstić information content (AvgIpc) is 3.17. The molecule has 3 aromatic heterocycles. The third-order valence-corrected chi connectivity index (χ3v) is 6.80. The predicted molar refractivity (Wildman–Crippen MR) is 122 cm³/mol. The van der Waals surface area contributed by atoms with Crippen LogP contribution in [0.2, 0.25) is 5.02 Å². The predicted octanol–water partition coefficient (Wildman–Crippen LogP) is 3.69. The summed E-state index contributed by atoms with van der Waals surface area (Å²) in [6, 6.07) is -0.0738. The SMILES string of the molecule is O=C(Nc1cn2cc(-c3c(Cl)c(F)c(N[C@H]4CC[C@H](O)C4)c4[nH]ncc34)ncc2n1)C1CC1F. The molecule has 4 N–H and O–H groups in total. The standard InChI is InChI=1S/C22H20ClF2N7O2/c23-18-17(12-5-27-31-20(12)21(19(18)25)28-9-1-2-10(33)3-9)14-7-32-8-15(29-16(32)6-26-14)30-22(34)11-4-13(11)24/h5-11,13,28,33H,1-4H2,(H,27,31)(H,30,34)/t9-,10-,11?,13?/m0/s1. The number of rotatable bonds is 5. The number of nitrogens with one attached hydrogen (secondary N) is 3. The Morgan fingerprint density at radius 3 is 2.82 bits per heavy atom. The van der Waals surface area contributed by atoms with E-state index in [-0.39, 0.29) is 29.0 Å². The number of aromatic nitrogens is 5. The van der Waals surface area contributed by atoms with Gasteiger partial charge in [-0.15, -0.1) is 0 Å². The van der Waals surface area contributed by atoms with Crippen molar-refractivity contribution in [1.82, 2.24) is 24.6 Å². The molecule has 3 heterocycles. The van der Waals surface area contributed by atoms with Gasteiger partial charge in [-0.25, -0.2) is 13.8 Å². The molecule has 12 heteroatoms. The van der Waals surface area contributed by atoms with Crippen molar-refractivity contribution < 1.29 is 18.7 Å². The minimum Gasteiger partial charge on any atom is -0.393 e. The summed E-state index contributed by atoms with van der Waals surface area (Å²) < 4.78 is 30.2. The lowest BCUT2D eigenvalue weighted by Gasteiger charge is -2.17. The van der Waals surface area contributed by atoms with E-state index < -0.39 is 29.9 Å². The second kappa shape index (κ2) is 7.88. The third-order valence-electron chi connectivity index (χ3n) is 6.44. The van der Waals surface area contributed by atoms with Crippen molar-refractivity contribution >= 4 is 45.6 Å². The first-order chi connectivity index (χ1) is 16.4. The van der Waals surface area contributed by atoms with Gasteiger partial charge in [-0.1, -0.05) is 11.6 Å². The Labute approximate surface area is 196 Å². The van der Waals surface area contributed by atoms with Gasteiger partial charge in [0.1, 0.15) is 6.17 Å². The zero-order valence-corrected chi connectivity index (χ0v) is 18.5. The van der Waals surface area contributed by atoms with Crippen LogP contribution in [-0.4, -0.2) is 53.9 Å². The van der Waals surface area contributed by atoms with E-state index in [1.807, 2.05) is 0 Å². The normalized spacial score (nSPS) is 24.1. The summed E-state index contributed by atoms with van der Waals surface area (Å²) >= 11 is 6.50. The van der Waals surface area contributed by atoms with E-state index in [1.54, 1.807) is 23.0 Å². The van der Waals surface area contributed by atoms with Gasteiger partial charge in [0.2, 0.25) is 5.91 Å². The zero-order valence-electron chi connectivity index (χ0n) is 17.7. The zero-order chi connectivity index (χ0) is 23.6. The number of carbonyl (C=O) groups is 1. The van der Waals surface area contributed by atoms with Crippen LogP contribution in [0, 0.1) is 11.7 Å². The smallest absolute Gasteiger partial charge is 0.231 e. The highest BCUT2D eigenvalue weighted by atomic mass is 35.5. The van der Waals surface area contributed by atoms with E-state index in [9.17, 15) is 14.3 Å². The monoisotopic (exact) mass is 487 g/mol. The van der Waals surface area contributed by atoms with E-state index in [2.05, 4.69) is 30.8 Å². The summed E-state index contributed by atoms with van der Waals surface area (Å²) in [6.07, 6.45) is 6.86. The number of fused-ring (bicyclic) bond motifs is 2. The highest BCUT2D eigenvalue weighted by molar-refractivity contribution is 6.35. The van der Waals surface area contributed by atoms with Gasteiger partial charge in [0.05, 0.1) is 52.5 Å². The van der Waals surface area contributed by atoms with Crippen molar-refractivity contribution in [3.8, 4) is 11.3 Å². The number of alkyl halides is 1. The number of aliphatic hydroxyl groups is 1. The third kappa shape index (κ3) is 3.55. The number of imidazole rings is 1. The Morgan fingerprint density at radius 1 is 1.26 bits per heavy atom. The number of amides is 1. The summed E-state index contributed by atoms with van der Waals surface area (Å²) in [5.74, 6) is -1.41. The molecular formula is C22H20ClF2N7O2. The molecular weight excluding hydrogens is 468 g/mol. The number of aromatic amines is 1. The summed E-state index contributed by atoms with van der Waals surface area (Å²) in [7, 11) is 0. The molecule has 0 spiro atoms. The summed E-state index contributed by atoms with van der Waals surface area (Å²) in [4.78, 5) is 20.7. The van der Waals surface area contributed by atoms with E-state index >= 15 is 4.39 Å². The number of halogens is 3. The Kier molecular flexibility index (Phi) is 4.92. The quantitative estimate of drug-likeness (QED) is 0.341. The molecule has 1 aromatic carbocycles. The fourth-order valence-corrected chi connectivity index (χ4v) is 4.83. The Hall–Kier alpha value is -3.31. The maximum atomic E-state index is 15.5. The number of H-pyrrole nitrogens is 1. The fraction of sp³-hybridized carbons (Fsp3) is 0.364. The van der Waals surface area contributed by atoms with Crippen molar-refractivity contribution in [2.75, 3.05) is 10.6 Å². The molecule has 0 aliphatic heterocycles. The van der Waals surface area contributed by atoms with Crippen molar-refractivity contribution in [3.63, 3.8) is 0 Å². The number of hydrogen-bond acceptors (Lipinski definition) is 6. The number of carbonyl (C=O) groups excluding carboxylic acids is 1. The molecule has 2 aliphatic carbocycles. The minimum atomic E-state index is -1.10. The first kappa shape index (κ1) is 21.2. The molecule has 4 aromatic rings. The lowest BCUT2D eigenvalue weighted by atomic mass is 10.0. The van der Waals surface area contributed by atoms with Crippen LogP contribution < -0.4 is 10.6 Å².